The van der Waals surface area contributed by atoms with Gasteiger partial charge in [-0.15, -0.1) is 0 Å². The van der Waals surface area contributed by atoms with Gasteiger partial charge in [-0.3, -0.25) is 4.90 Å². The van der Waals surface area contributed by atoms with Crippen LogP contribution in [0.5, 0.6) is 0 Å². The number of benzene rings is 1. The Kier molecular flexibility index (Phi) is 6.54. The summed E-state index contributed by atoms with van der Waals surface area (Å²) in [5.41, 5.74) is 1.54. The molecule has 1 aromatic heterocycles. The predicted octanol–water partition coefficient (Wildman–Crippen LogP) is 2.59. The number of fused-ring (bicyclic) bond motifs is 1. The number of carbonyl (C=O) groups excluding carboxylic acids is 1. The molecule has 33 heavy (non-hydrogen) atoms. The van der Waals surface area contributed by atoms with E-state index in [9.17, 15) is 23.5 Å². The molecule has 1 atom stereocenters. The van der Waals surface area contributed by atoms with Gasteiger partial charge in [0.25, 0.3) is 0 Å². The first kappa shape index (κ1) is 22.6. The maximum Gasteiger partial charge on any atom is 0.407 e. The van der Waals surface area contributed by atoms with Crippen molar-refractivity contribution in [2.75, 3.05) is 43.2 Å². The quantitative estimate of drug-likeness (QED) is 0.625. The molecular weight excluding hydrogens is 438 g/mol. The van der Waals surface area contributed by atoms with Crippen LogP contribution in [0.4, 0.5) is 29.9 Å². The van der Waals surface area contributed by atoms with Crippen molar-refractivity contribution in [2.45, 2.75) is 26.1 Å². The van der Waals surface area contributed by atoms with Crippen LogP contribution >= 0.6 is 0 Å². The van der Waals surface area contributed by atoms with Gasteiger partial charge in [0.1, 0.15) is 18.3 Å². The number of amides is 3. The minimum atomic E-state index is -1.07. The Balaban J connectivity index is 1.68. The SMILES string of the molecule is CC1COCCN1c1nc(-c2ccc(NC(=O)NCCF)cc2F)nc2c1CN(C(=O)O)C2. The second-order valence-corrected chi connectivity index (χ2v) is 7.82. The zero-order valence-electron chi connectivity index (χ0n) is 18.0. The Morgan fingerprint density at radius 3 is 2.82 bits per heavy atom. The van der Waals surface area contributed by atoms with Crippen LogP contribution < -0.4 is 15.5 Å². The molecular formula is C21H24F2N6O4. The number of nitrogens with one attached hydrogen (secondary N) is 2. The Labute approximate surface area is 188 Å². The molecule has 10 nitrogen and oxygen atoms in total. The van der Waals surface area contributed by atoms with E-state index in [0.717, 1.165) is 6.07 Å². The summed E-state index contributed by atoms with van der Waals surface area (Å²) in [5.74, 6) is 0.0367. The van der Waals surface area contributed by atoms with Crippen LogP contribution in [0.25, 0.3) is 11.4 Å². The molecule has 2 aliphatic heterocycles. The number of aromatic nitrogens is 2. The van der Waals surface area contributed by atoms with Gasteiger partial charge in [-0.1, -0.05) is 0 Å². The van der Waals surface area contributed by atoms with Crippen molar-refractivity contribution in [1.29, 1.82) is 0 Å². The highest BCUT2D eigenvalue weighted by Crippen LogP contribution is 2.34. The summed E-state index contributed by atoms with van der Waals surface area (Å²) in [6, 6.07) is 3.42. The van der Waals surface area contributed by atoms with Crippen LogP contribution in [-0.4, -0.2) is 71.1 Å². The fraction of sp³-hybridized carbons (Fsp3) is 0.429. The number of hydrogen-bond acceptors (Lipinski definition) is 6. The normalized spacial score (nSPS) is 17.6. The van der Waals surface area contributed by atoms with Gasteiger partial charge in [0, 0.05) is 24.3 Å². The number of carboxylic acid groups (broad SMARTS) is 1. The molecule has 12 heteroatoms. The van der Waals surface area contributed by atoms with Crippen molar-refractivity contribution < 1.29 is 28.2 Å². The van der Waals surface area contributed by atoms with E-state index in [1.54, 1.807) is 0 Å². The maximum atomic E-state index is 15.0. The van der Waals surface area contributed by atoms with Crippen LogP contribution in [0.3, 0.4) is 0 Å². The molecule has 0 bridgehead atoms. The fourth-order valence-corrected chi connectivity index (χ4v) is 3.88. The second kappa shape index (κ2) is 9.53. The van der Waals surface area contributed by atoms with E-state index >= 15 is 0 Å². The predicted molar refractivity (Wildman–Crippen MR) is 115 cm³/mol. The molecule has 1 fully saturated rings. The molecule has 0 aliphatic carbocycles. The van der Waals surface area contributed by atoms with Gasteiger partial charge in [-0.2, -0.15) is 0 Å². The van der Waals surface area contributed by atoms with E-state index < -0.39 is 24.6 Å². The fourth-order valence-electron chi connectivity index (χ4n) is 3.88. The molecule has 2 aromatic rings. The number of morpholine rings is 1. The van der Waals surface area contributed by atoms with E-state index in [4.69, 9.17) is 4.74 Å². The zero-order chi connectivity index (χ0) is 23.5. The van der Waals surface area contributed by atoms with E-state index in [1.165, 1.54) is 17.0 Å². The van der Waals surface area contributed by atoms with Gasteiger partial charge in [0.15, 0.2) is 5.82 Å². The van der Waals surface area contributed by atoms with Gasteiger partial charge in [-0.05, 0) is 25.1 Å². The number of ether oxygens (including phenoxy) is 1. The van der Waals surface area contributed by atoms with Gasteiger partial charge >= 0.3 is 12.1 Å². The highest BCUT2D eigenvalue weighted by atomic mass is 19.1. The second-order valence-electron chi connectivity index (χ2n) is 7.82. The lowest BCUT2D eigenvalue weighted by Gasteiger charge is -2.35. The number of hydrogen-bond donors (Lipinski definition) is 3. The van der Waals surface area contributed by atoms with Crippen molar-refractivity contribution >= 4 is 23.6 Å². The number of urea groups is 1. The lowest BCUT2D eigenvalue weighted by molar-refractivity contribution is 0.0983. The third kappa shape index (κ3) is 4.80. The summed E-state index contributed by atoms with van der Waals surface area (Å²) in [7, 11) is 0. The molecule has 4 rings (SSSR count). The number of carbonyl (C=O) groups is 2. The van der Waals surface area contributed by atoms with Crippen molar-refractivity contribution in [3.8, 4) is 11.4 Å². The topological polar surface area (TPSA) is 120 Å². The van der Waals surface area contributed by atoms with Crippen molar-refractivity contribution in [3.63, 3.8) is 0 Å². The lowest BCUT2D eigenvalue weighted by atomic mass is 10.1. The minimum Gasteiger partial charge on any atom is -0.465 e. The average molecular weight is 462 g/mol. The lowest BCUT2D eigenvalue weighted by Crippen LogP contribution is -2.44. The largest absolute Gasteiger partial charge is 0.465 e. The Bertz CT molecular complexity index is 1070. The third-order valence-corrected chi connectivity index (χ3v) is 5.52. The van der Waals surface area contributed by atoms with E-state index in [2.05, 4.69) is 20.6 Å². The molecule has 1 saturated heterocycles. The number of nitrogens with zero attached hydrogens (tertiary/aromatic N) is 4. The summed E-state index contributed by atoms with van der Waals surface area (Å²) in [6.07, 6.45) is -1.07. The van der Waals surface area contributed by atoms with E-state index in [0.29, 0.717) is 36.8 Å². The average Bonchev–Trinajstić information content (AvgIpc) is 3.22. The number of anilines is 2. The van der Waals surface area contributed by atoms with E-state index in [-0.39, 0.29) is 42.8 Å². The molecule has 2 aliphatic rings. The summed E-state index contributed by atoms with van der Waals surface area (Å²) < 4.78 is 32.7. The number of rotatable bonds is 5. The first-order valence-electron chi connectivity index (χ1n) is 10.5. The Hall–Kier alpha value is -3.54. The maximum absolute atomic E-state index is 15.0. The van der Waals surface area contributed by atoms with Gasteiger partial charge in [-0.25, -0.2) is 28.3 Å². The van der Waals surface area contributed by atoms with Crippen LogP contribution in [0.15, 0.2) is 18.2 Å². The molecule has 1 aromatic carbocycles. The zero-order valence-corrected chi connectivity index (χ0v) is 18.0. The molecule has 0 radical (unpaired) electrons. The van der Waals surface area contributed by atoms with Crippen LogP contribution in [0.1, 0.15) is 18.2 Å². The highest BCUT2D eigenvalue weighted by Gasteiger charge is 2.33. The summed E-state index contributed by atoms with van der Waals surface area (Å²) in [4.78, 5) is 35.6. The molecule has 0 spiro atoms. The van der Waals surface area contributed by atoms with Crippen molar-refractivity contribution in [2.24, 2.45) is 0 Å². The number of halogens is 2. The minimum absolute atomic E-state index is 0.00346. The highest BCUT2D eigenvalue weighted by molar-refractivity contribution is 5.89. The van der Waals surface area contributed by atoms with Crippen molar-refractivity contribution in [1.82, 2.24) is 20.2 Å². The van der Waals surface area contributed by atoms with Crippen LogP contribution in [-0.2, 0) is 17.8 Å². The van der Waals surface area contributed by atoms with E-state index in [1.807, 2.05) is 11.8 Å². The van der Waals surface area contributed by atoms with Gasteiger partial charge < -0.3 is 25.4 Å². The molecule has 1 unspecified atom stereocenters. The molecule has 3 N–H and O–H groups in total. The summed E-state index contributed by atoms with van der Waals surface area (Å²) in [5, 5.41) is 14.2. The van der Waals surface area contributed by atoms with Crippen molar-refractivity contribution in [3.05, 3.63) is 35.3 Å². The molecule has 3 amide bonds. The summed E-state index contributed by atoms with van der Waals surface area (Å²) >= 11 is 0. The summed E-state index contributed by atoms with van der Waals surface area (Å²) in [6.45, 7) is 2.93. The van der Waals surface area contributed by atoms with Crippen LogP contribution in [0.2, 0.25) is 0 Å². The molecule has 176 valence electrons. The first-order valence-corrected chi connectivity index (χ1v) is 10.5. The molecule has 0 saturated carbocycles. The Morgan fingerprint density at radius 2 is 2.12 bits per heavy atom. The van der Waals surface area contributed by atoms with Gasteiger partial charge in [0.2, 0.25) is 0 Å². The smallest absolute Gasteiger partial charge is 0.407 e. The standard InChI is InChI=1S/C21H24F2N6O4/c1-12-11-33-7-6-29(12)19-15-9-28(21(31)32)10-17(15)26-18(27-19)14-3-2-13(8-16(14)23)25-20(30)24-5-4-22/h2-3,8,12H,4-7,9-11H2,1H3,(H,31,32)(H2,24,25,30). The first-order chi connectivity index (χ1) is 15.9. The Morgan fingerprint density at radius 1 is 1.30 bits per heavy atom. The van der Waals surface area contributed by atoms with Crippen LogP contribution in [0, 0.1) is 5.82 Å². The molecule has 3 heterocycles. The third-order valence-electron chi connectivity index (χ3n) is 5.52. The van der Waals surface area contributed by atoms with Gasteiger partial charge in [0.05, 0.1) is 43.6 Å². The number of alkyl halides is 1. The monoisotopic (exact) mass is 462 g/mol.